The van der Waals surface area contributed by atoms with Gasteiger partial charge in [0, 0.05) is 6.54 Å². The number of likely N-dealkylation sites (N-methyl/N-ethyl adjacent to an activating group) is 1. The van der Waals surface area contributed by atoms with Crippen molar-refractivity contribution in [2.75, 3.05) is 13.1 Å². The van der Waals surface area contributed by atoms with Gasteiger partial charge in [0.15, 0.2) is 0 Å². The molecule has 0 fully saturated rings. The lowest BCUT2D eigenvalue weighted by atomic mass is 10.1. The maximum atomic E-state index is 11.6. The number of amides is 2. The zero-order valence-electron chi connectivity index (χ0n) is 10.2. The van der Waals surface area contributed by atoms with Crippen molar-refractivity contribution < 1.29 is 9.59 Å². The first-order valence-corrected chi connectivity index (χ1v) is 5.50. The van der Waals surface area contributed by atoms with Crippen molar-refractivity contribution in [1.29, 1.82) is 0 Å². The molecule has 0 radical (unpaired) electrons. The monoisotopic (exact) mass is 271 g/mol. The second-order valence-corrected chi connectivity index (χ2v) is 3.56. The van der Waals surface area contributed by atoms with Gasteiger partial charge in [0.1, 0.15) is 6.04 Å². The van der Waals surface area contributed by atoms with Crippen LogP contribution in [0.5, 0.6) is 0 Å². The van der Waals surface area contributed by atoms with Crippen molar-refractivity contribution in [2.45, 2.75) is 13.0 Å². The molecule has 6 heteroatoms. The number of nitrogens with one attached hydrogen (secondary N) is 2. The van der Waals surface area contributed by atoms with E-state index < -0.39 is 6.04 Å². The first-order valence-electron chi connectivity index (χ1n) is 5.50. The van der Waals surface area contributed by atoms with Gasteiger partial charge >= 0.3 is 0 Å². The minimum absolute atomic E-state index is 0. The molecule has 0 saturated heterocycles. The van der Waals surface area contributed by atoms with Crippen LogP contribution in [0, 0.1) is 0 Å². The molecule has 100 valence electrons. The molecule has 0 aromatic heterocycles. The number of hydrogen-bond acceptors (Lipinski definition) is 3. The van der Waals surface area contributed by atoms with Gasteiger partial charge in [0.05, 0.1) is 6.54 Å². The zero-order valence-corrected chi connectivity index (χ0v) is 11.0. The van der Waals surface area contributed by atoms with E-state index in [1.807, 2.05) is 25.1 Å². The molecule has 0 bridgehead atoms. The lowest BCUT2D eigenvalue weighted by molar-refractivity contribution is -0.126. The maximum absolute atomic E-state index is 11.6. The van der Waals surface area contributed by atoms with Crippen molar-refractivity contribution in [1.82, 2.24) is 10.6 Å². The minimum Gasteiger partial charge on any atom is -0.355 e. The molecule has 0 saturated carbocycles. The van der Waals surface area contributed by atoms with E-state index in [-0.39, 0.29) is 30.8 Å². The molecule has 4 N–H and O–H groups in total. The summed E-state index contributed by atoms with van der Waals surface area (Å²) in [5, 5.41) is 5.07. The van der Waals surface area contributed by atoms with Crippen LogP contribution in [0.1, 0.15) is 18.5 Å². The molecule has 0 heterocycles. The molecule has 0 aliphatic carbocycles. The van der Waals surface area contributed by atoms with E-state index in [0.717, 1.165) is 5.56 Å². The highest BCUT2D eigenvalue weighted by atomic mass is 35.5. The van der Waals surface area contributed by atoms with Crippen LogP contribution < -0.4 is 16.4 Å². The molecule has 1 aromatic carbocycles. The summed E-state index contributed by atoms with van der Waals surface area (Å²) in [5.41, 5.74) is 6.48. The average molecular weight is 272 g/mol. The summed E-state index contributed by atoms with van der Waals surface area (Å²) >= 11 is 0. The summed E-state index contributed by atoms with van der Waals surface area (Å²) in [6.45, 7) is 2.31. The smallest absolute Gasteiger partial charge is 0.241 e. The molecule has 1 unspecified atom stereocenters. The summed E-state index contributed by atoms with van der Waals surface area (Å²) in [5.74, 6) is -0.580. The van der Waals surface area contributed by atoms with E-state index in [0.29, 0.717) is 6.54 Å². The van der Waals surface area contributed by atoms with E-state index in [4.69, 9.17) is 5.73 Å². The van der Waals surface area contributed by atoms with Crippen molar-refractivity contribution >= 4 is 24.2 Å². The fraction of sp³-hybridized carbons (Fsp3) is 0.333. The van der Waals surface area contributed by atoms with Gasteiger partial charge in [-0.15, -0.1) is 12.4 Å². The number of rotatable bonds is 5. The number of carbonyl (C=O) groups excluding carboxylic acids is 2. The Morgan fingerprint density at radius 2 is 1.83 bits per heavy atom. The Labute approximate surface area is 113 Å². The summed E-state index contributed by atoms with van der Waals surface area (Å²) in [4.78, 5) is 22.8. The van der Waals surface area contributed by atoms with Crippen LogP contribution in [0.3, 0.4) is 0 Å². The average Bonchev–Trinajstić information content (AvgIpc) is 2.36. The third kappa shape index (κ3) is 5.16. The van der Waals surface area contributed by atoms with Gasteiger partial charge in [-0.1, -0.05) is 30.3 Å². The number of carbonyl (C=O) groups is 2. The standard InChI is InChI=1S/C12H17N3O2.ClH/c1-2-14-10(16)8-15-12(17)11(13)9-6-4-3-5-7-9;/h3-7,11H,2,8,13H2,1H3,(H,14,16)(H,15,17);1H. The molecule has 2 amide bonds. The maximum Gasteiger partial charge on any atom is 0.241 e. The summed E-state index contributed by atoms with van der Waals surface area (Å²) in [6.07, 6.45) is 0. The fourth-order valence-electron chi connectivity index (χ4n) is 1.35. The second-order valence-electron chi connectivity index (χ2n) is 3.56. The zero-order chi connectivity index (χ0) is 12.7. The molecule has 5 nitrogen and oxygen atoms in total. The van der Waals surface area contributed by atoms with Crippen LogP contribution in [0.2, 0.25) is 0 Å². The molecule has 1 aromatic rings. The van der Waals surface area contributed by atoms with E-state index >= 15 is 0 Å². The van der Waals surface area contributed by atoms with Crippen LogP contribution in [-0.2, 0) is 9.59 Å². The largest absolute Gasteiger partial charge is 0.355 e. The summed E-state index contributed by atoms with van der Waals surface area (Å²) in [6, 6.07) is 8.28. The highest BCUT2D eigenvalue weighted by Crippen LogP contribution is 2.08. The predicted octanol–water partition coefficient (Wildman–Crippen LogP) is 0.361. The Morgan fingerprint density at radius 3 is 2.39 bits per heavy atom. The predicted molar refractivity (Wildman–Crippen MR) is 72.3 cm³/mol. The van der Waals surface area contributed by atoms with Gasteiger partial charge in [-0.2, -0.15) is 0 Å². The van der Waals surface area contributed by atoms with Gasteiger partial charge in [-0.25, -0.2) is 0 Å². The Bertz CT molecular complexity index is 384. The quantitative estimate of drug-likeness (QED) is 0.723. The lowest BCUT2D eigenvalue weighted by Gasteiger charge is -2.12. The van der Waals surface area contributed by atoms with Crippen molar-refractivity contribution in [2.24, 2.45) is 5.73 Å². The number of nitrogens with two attached hydrogens (primary N) is 1. The summed E-state index contributed by atoms with van der Waals surface area (Å²) < 4.78 is 0. The van der Waals surface area contributed by atoms with Crippen molar-refractivity contribution in [3.8, 4) is 0 Å². The first-order chi connectivity index (χ1) is 8.15. The SMILES string of the molecule is CCNC(=O)CNC(=O)C(N)c1ccccc1.Cl. The third-order valence-electron chi connectivity index (χ3n) is 2.24. The van der Waals surface area contributed by atoms with Crippen molar-refractivity contribution in [3.05, 3.63) is 35.9 Å². The van der Waals surface area contributed by atoms with Gasteiger partial charge in [-0.05, 0) is 12.5 Å². The molecule has 1 atom stereocenters. The normalized spacial score (nSPS) is 11.0. The van der Waals surface area contributed by atoms with Crippen molar-refractivity contribution in [3.63, 3.8) is 0 Å². The Hall–Kier alpha value is -1.59. The second kappa shape index (κ2) is 8.49. The molecule has 0 aliphatic rings. The van der Waals surface area contributed by atoms with E-state index in [1.165, 1.54) is 0 Å². The number of benzene rings is 1. The minimum atomic E-state index is -0.745. The Balaban J connectivity index is 0.00000289. The van der Waals surface area contributed by atoms with Gasteiger partial charge < -0.3 is 16.4 Å². The Morgan fingerprint density at radius 1 is 1.22 bits per heavy atom. The van der Waals surface area contributed by atoms with E-state index in [9.17, 15) is 9.59 Å². The third-order valence-corrected chi connectivity index (χ3v) is 2.24. The molecule has 1 rings (SSSR count). The molecular formula is C12H18ClN3O2. The fourth-order valence-corrected chi connectivity index (χ4v) is 1.35. The van der Waals surface area contributed by atoms with Crippen LogP contribution in [-0.4, -0.2) is 24.9 Å². The lowest BCUT2D eigenvalue weighted by Crippen LogP contribution is -2.40. The van der Waals surface area contributed by atoms with Gasteiger partial charge in [0.2, 0.25) is 11.8 Å². The van der Waals surface area contributed by atoms with Crippen LogP contribution in [0.25, 0.3) is 0 Å². The number of hydrogen-bond donors (Lipinski definition) is 3. The Kier molecular flexibility index (Phi) is 7.74. The van der Waals surface area contributed by atoms with Gasteiger partial charge in [-0.3, -0.25) is 9.59 Å². The highest BCUT2D eigenvalue weighted by Gasteiger charge is 2.15. The molecular weight excluding hydrogens is 254 g/mol. The highest BCUT2D eigenvalue weighted by molar-refractivity contribution is 5.87. The molecule has 18 heavy (non-hydrogen) atoms. The molecule has 0 aliphatic heterocycles. The van der Waals surface area contributed by atoms with Crippen LogP contribution in [0.4, 0.5) is 0 Å². The molecule has 0 spiro atoms. The van der Waals surface area contributed by atoms with E-state index in [2.05, 4.69) is 10.6 Å². The first kappa shape index (κ1) is 16.4. The number of halogens is 1. The van der Waals surface area contributed by atoms with Crippen LogP contribution >= 0.6 is 12.4 Å². The van der Waals surface area contributed by atoms with Gasteiger partial charge in [0.25, 0.3) is 0 Å². The van der Waals surface area contributed by atoms with E-state index in [1.54, 1.807) is 12.1 Å². The topological polar surface area (TPSA) is 84.2 Å². The van der Waals surface area contributed by atoms with Crippen LogP contribution in [0.15, 0.2) is 30.3 Å². The summed E-state index contributed by atoms with van der Waals surface area (Å²) in [7, 11) is 0.